The lowest BCUT2D eigenvalue weighted by Crippen LogP contribution is -2.77. The van der Waals surface area contributed by atoms with Gasteiger partial charge in [-0.2, -0.15) is 5.01 Å². The highest BCUT2D eigenvalue weighted by atomic mass is 16.3. The number of hydrogen-bond donors (Lipinski definition) is 2. The van der Waals surface area contributed by atoms with E-state index in [-0.39, 0.29) is 37.5 Å². The predicted molar refractivity (Wildman–Crippen MR) is 142 cm³/mol. The Morgan fingerprint density at radius 3 is 2.43 bits per heavy atom. The lowest BCUT2D eigenvalue weighted by Gasteiger charge is -2.57. The minimum absolute atomic E-state index is 0.00885. The van der Waals surface area contributed by atoms with Gasteiger partial charge >= 0.3 is 0 Å². The number of unbranched alkanes of at least 4 members (excludes halogenated alkanes) is 1. The molecular weight excluding hydrogens is 466 g/mol. The van der Waals surface area contributed by atoms with E-state index >= 15 is 0 Å². The summed E-state index contributed by atoms with van der Waals surface area (Å²) in [6, 6.07) is 18.9. The van der Waals surface area contributed by atoms with E-state index < -0.39 is 18.6 Å². The van der Waals surface area contributed by atoms with Crippen molar-refractivity contribution >= 4 is 11.8 Å². The van der Waals surface area contributed by atoms with Crippen molar-refractivity contribution in [1.82, 2.24) is 25.1 Å². The van der Waals surface area contributed by atoms with Gasteiger partial charge in [-0.3, -0.25) is 14.9 Å². The zero-order valence-corrected chi connectivity index (χ0v) is 21.7. The van der Waals surface area contributed by atoms with E-state index in [1.54, 1.807) is 14.9 Å². The molecule has 0 spiro atoms. The number of carbonyl (C=O) groups is 2. The second-order valence-corrected chi connectivity index (χ2v) is 9.66. The first-order valence-corrected chi connectivity index (χ1v) is 13.0. The van der Waals surface area contributed by atoms with Crippen molar-refractivity contribution < 1.29 is 14.7 Å². The quantitative estimate of drug-likeness (QED) is 0.383. The average molecular weight is 504 g/mol. The van der Waals surface area contributed by atoms with Crippen LogP contribution in [0.15, 0.2) is 60.7 Å². The minimum atomic E-state index is -1.11. The highest BCUT2D eigenvalue weighted by molar-refractivity contribution is 5.90. The summed E-state index contributed by atoms with van der Waals surface area (Å²) in [6.45, 7) is 4.96. The van der Waals surface area contributed by atoms with E-state index in [4.69, 9.17) is 6.42 Å². The number of benzene rings is 2. The molecule has 0 aliphatic carbocycles. The first-order valence-electron chi connectivity index (χ1n) is 13.0. The maximum atomic E-state index is 13.8. The van der Waals surface area contributed by atoms with Gasteiger partial charge in [-0.1, -0.05) is 86.3 Å². The number of carbonyl (C=O) groups excluding carboxylic acids is 2. The van der Waals surface area contributed by atoms with Crippen LogP contribution in [0.25, 0.3) is 0 Å². The molecule has 1 unspecified atom stereocenters. The molecule has 0 radical (unpaired) electrons. The van der Waals surface area contributed by atoms with Crippen molar-refractivity contribution in [2.24, 2.45) is 0 Å². The van der Waals surface area contributed by atoms with Gasteiger partial charge in [0.2, 0.25) is 11.8 Å². The number of terminal acetylenes is 1. The molecule has 0 aromatic heterocycles. The summed E-state index contributed by atoms with van der Waals surface area (Å²) in [5, 5.41) is 18.0. The Morgan fingerprint density at radius 2 is 1.78 bits per heavy atom. The Hall–Kier alpha value is -3.22. The molecule has 0 saturated carbocycles. The van der Waals surface area contributed by atoms with Gasteiger partial charge in [0.25, 0.3) is 0 Å². The summed E-state index contributed by atoms with van der Waals surface area (Å²) < 4.78 is 0. The van der Waals surface area contributed by atoms with Crippen LogP contribution in [0.5, 0.6) is 0 Å². The van der Waals surface area contributed by atoms with E-state index in [0.717, 1.165) is 24.0 Å². The summed E-state index contributed by atoms with van der Waals surface area (Å²) in [4.78, 5) is 30.8. The molecule has 2 fully saturated rings. The van der Waals surface area contributed by atoms with Crippen molar-refractivity contribution in [1.29, 1.82) is 0 Å². The fraction of sp³-hybridized carbons (Fsp3) is 0.448. The molecule has 0 bridgehead atoms. The highest BCUT2D eigenvalue weighted by Crippen LogP contribution is 2.33. The molecule has 2 aliphatic rings. The molecule has 2 amide bonds. The minimum Gasteiger partial charge on any atom is -0.364 e. The second kappa shape index (κ2) is 12.3. The summed E-state index contributed by atoms with van der Waals surface area (Å²) in [6.07, 6.45) is 6.31. The van der Waals surface area contributed by atoms with E-state index in [2.05, 4.69) is 18.2 Å². The Bertz CT molecular complexity index is 1090. The Labute approximate surface area is 219 Å². The molecule has 2 aromatic rings. The van der Waals surface area contributed by atoms with Crippen molar-refractivity contribution in [3.8, 4) is 12.3 Å². The zero-order chi connectivity index (χ0) is 26.4. The third-order valence-corrected chi connectivity index (χ3v) is 7.26. The van der Waals surface area contributed by atoms with Crippen molar-refractivity contribution in [2.75, 3.05) is 19.6 Å². The van der Waals surface area contributed by atoms with Gasteiger partial charge in [-0.25, -0.2) is 5.01 Å². The highest BCUT2D eigenvalue weighted by Gasteiger charge is 2.51. The van der Waals surface area contributed by atoms with Crippen LogP contribution >= 0.6 is 0 Å². The second-order valence-electron chi connectivity index (χ2n) is 9.66. The summed E-state index contributed by atoms with van der Waals surface area (Å²) in [5.74, 6) is 2.43. The van der Waals surface area contributed by atoms with Crippen LogP contribution in [0.2, 0.25) is 0 Å². The summed E-state index contributed by atoms with van der Waals surface area (Å²) in [5.41, 5.74) is 2.05. The lowest BCUT2D eigenvalue weighted by molar-refractivity contribution is -0.246. The number of hydrogen-bond acceptors (Lipinski definition) is 6. The molecular formula is C29H37N5O3. The Balaban J connectivity index is 1.67. The van der Waals surface area contributed by atoms with E-state index in [1.165, 1.54) is 0 Å². The van der Waals surface area contributed by atoms with Crippen molar-refractivity contribution in [2.45, 2.75) is 64.3 Å². The maximum Gasteiger partial charge on any atom is 0.246 e. The van der Waals surface area contributed by atoms with Crippen LogP contribution in [0.1, 0.15) is 50.3 Å². The van der Waals surface area contributed by atoms with Gasteiger partial charge in [0.1, 0.15) is 12.2 Å². The van der Waals surface area contributed by atoms with E-state index in [0.29, 0.717) is 13.0 Å². The maximum absolute atomic E-state index is 13.8. The molecule has 37 heavy (non-hydrogen) atoms. The molecule has 4 rings (SSSR count). The van der Waals surface area contributed by atoms with Crippen LogP contribution in [-0.2, 0) is 16.1 Å². The Morgan fingerprint density at radius 1 is 1.11 bits per heavy atom. The number of rotatable bonds is 10. The third kappa shape index (κ3) is 5.86. The fourth-order valence-electron chi connectivity index (χ4n) is 5.31. The summed E-state index contributed by atoms with van der Waals surface area (Å²) in [7, 11) is 0. The molecule has 2 saturated heterocycles. The SMILES string of the molecule is C#CCN1CC(=O)N2[C@@H](CCCC)C(=O)N([C@H](C)c3ccccc3)C[C@@H]2N1C(O)NCc1ccccc1. The van der Waals surface area contributed by atoms with Gasteiger partial charge < -0.3 is 14.9 Å². The van der Waals surface area contributed by atoms with Gasteiger partial charge in [0.05, 0.1) is 25.7 Å². The molecule has 2 aromatic carbocycles. The molecule has 8 nitrogen and oxygen atoms in total. The molecule has 196 valence electrons. The van der Waals surface area contributed by atoms with Crippen LogP contribution in [-0.4, -0.2) is 74.9 Å². The van der Waals surface area contributed by atoms with Crippen molar-refractivity contribution in [3.05, 3.63) is 71.8 Å². The normalized spacial score (nSPS) is 22.4. The number of fused-ring (bicyclic) bond motifs is 1. The monoisotopic (exact) mass is 503 g/mol. The van der Waals surface area contributed by atoms with E-state index in [9.17, 15) is 14.7 Å². The number of nitrogens with one attached hydrogen (secondary N) is 1. The largest absolute Gasteiger partial charge is 0.364 e. The number of aliphatic hydroxyl groups excluding tert-OH is 1. The molecule has 2 N–H and O–H groups in total. The van der Waals surface area contributed by atoms with E-state index in [1.807, 2.05) is 72.5 Å². The van der Waals surface area contributed by atoms with Gasteiger partial charge in [0.15, 0.2) is 6.35 Å². The smallest absolute Gasteiger partial charge is 0.246 e. The number of amides is 2. The number of aliphatic hydroxyl groups is 1. The van der Waals surface area contributed by atoms with Gasteiger partial charge in [-0.05, 0) is 24.5 Å². The standard InChI is InChI=1S/C29H37N5O3/c1-4-6-17-25-28(36)32(22(3)24-15-11-8-12-16-24)20-26-33(25)27(35)21-31(18-5-2)34(26)29(37)30-19-23-13-9-7-10-14-23/h2,7-16,22,25-26,29-30,37H,4,6,17-21H2,1,3H3/t22-,25+,26+,29?/m1/s1. The fourth-order valence-corrected chi connectivity index (χ4v) is 5.31. The molecule has 4 atom stereocenters. The first kappa shape index (κ1) is 26.8. The number of hydrazine groups is 1. The number of piperazine rings is 1. The first-order chi connectivity index (χ1) is 18.0. The van der Waals surface area contributed by atoms with Crippen molar-refractivity contribution in [3.63, 3.8) is 0 Å². The van der Waals surface area contributed by atoms with Crippen LogP contribution in [0.4, 0.5) is 0 Å². The lowest BCUT2D eigenvalue weighted by atomic mass is 9.97. The van der Waals surface area contributed by atoms with Crippen LogP contribution in [0, 0.1) is 12.3 Å². The molecule has 8 heteroatoms. The average Bonchev–Trinajstić information content (AvgIpc) is 2.92. The zero-order valence-electron chi connectivity index (χ0n) is 21.7. The Kier molecular flexibility index (Phi) is 8.95. The predicted octanol–water partition coefficient (Wildman–Crippen LogP) is 2.53. The van der Waals surface area contributed by atoms with Crippen LogP contribution in [0.3, 0.4) is 0 Å². The van der Waals surface area contributed by atoms with Crippen LogP contribution < -0.4 is 5.32 Å². The topological polar surface area (TPSA) is 79.4 Å². The summed E-state index contributed by atoms with van der Waals surface area (Å²) >= 11 is 0. The number of nitrogens with zero attached hydrogens (tertiary/aromatic N) is 4. The molecule has 2 heterocycles. The van der Waals surface area contributed by atoms with Gasteiger partial charge in [0, 0.05) is 6.54 Å². The van der Waals surface area contributed by atoms with Gasteiger partial charge in [-0.15, -0.1) is 6.42 Å². The molecule has 2 aliphatic heterocycles. The third-order valence-electron chi connectivity index (χ3n) is 7.26.